The van der Waals surface area contributed by atoms with Crippen LogP contribution in [-0.2, 0) is 19.4 Å². The van der Waals surface area contributed by atoms with Crippen molar-refractivity contribution >= 4 is 0 Å². The topological polar surface area (TPSA) is 50.1 Å². The van der Waals surface area contributed by atoms with Crippen LogP contribution in [0.2, 0.25) is 0 Å². The van der Waals surface area contributed by atoms with Gasteiger partial charge in [-0.05, 0) is 58.4 Å². The van der Waals surface area contributed by atoms with Crippen LogP contribution in [0, 0.1) is 0 Å². The molecular formula is C16H29N3O. The fourth-order valence-corrected chi connectivity index (χ4v) is 3.01. The van der Waals surface area contributed by atoms with Crippen LogP contribution in [-0.4, -0.2) is 33.3 Å². The van der Waals surface area contributed by atoms with Gasteiger partial charge in [-0.1, -0.05) is 6.92 Å². The van der Waals surface area contributed by atoms with E-state index in [2.05, 4.69) is 28.7 Å². The van der Waals surface area contributed by atoms with Crippen molar-refractivity contribution in [3.05, 3.63) is 17.7 Å². The van der Waals surface area contributed by atoms with Crippen LogP contribution in [0.3, 0.4) is 0 Å². The van der Waals surface area contributed by atoms with Crippen molar-refractivity contribution in [2.24, 2.45) is 0 Å². The second kappa shape index (κ2) is 7.23. The molecule has 1 heterocycles. The highest BCUT2D eigenvalue weighted by Crippen LogP contribution is 2.21. The molecule has 1 aromatic rings. The first-order chi connectivity index (χ1) is 9.68. The summed E-state index contributed by atoms with van der Waals surface area (Å²) in [4.78, 5) is 4.54. The molecule has 20 heavy (non-hydrogen) atoms. The summed E-state index contributed by atoms with van der Waals surface area (Å²) >= 11 is 0. The van der Waals surface area contributed by atoms with Gasteiger partial charge in [-0.2, -0.15) is 0 Å². The van der Waals surface area contributed by atoms with E-state index in [-0.39, 0.29) is 12.1 Å². The van der Waals surface area contributed by atoms with E-state index in [1.165, 1.54) is 30.7 Å². The smallest absolute Gasteiger partial charge is 0.0951 e. The molecule has 0 bridgehead atoms. The van der Waals surface area contributed by atoms with Crippen molar-refractivity contribution in [1.29, 1.82) is 0 Å². The molecule has 1 atom stereocenters. The number of aromatic nitrogens is 2. The number of rotatable bonds is 8. The van der Waals surface area contributed by atoms with Gasteiger partial charge in [0.2, 0.25) is 0 Å². The lowest BCUT2D eigenvalue weighted by atomic mass is 9.96. The van der Waals surface area contributed by atoms with E-state index in [1.807, 2.05) is 6.33 Å². The molecule has 114 valence electrons. The maximum atomic E-state index is 9.58. The summed E-state index contributed by atoms with van der Waals surface area (Å²) in [5, 5.41) is 13.0. The highest BCUT2D eigenvalue weighted by molar-refractivity contribution is 5.16. The zero-order valence-electron chi connectivity index (χ0n) is 13.0. The minimum absolute atomic E-state index is 0.142. The van der Waals surface area contributed by atoms with Gasteiger partial charge in [0.25, 0.3) is 0 Å². The molecule has 0 fully saturated rings. The lowest BCUT2D eigenvalue weighted by molar-refractivity contribution is 0.162. The Hall–Kier alpha value is -0.870. The Bertz CT molecular complexity index is 416. The molecular weight excluding hydrogens is 250 g/mol. The fraction of sp³-hybridized carbons (Fsp3) is 0.812. The van der Waals surface area contributed by atoms with Gasteiger partial charge in [0.05, 0.1) is 18.6 Å². The summed E-state index contributed by atoms with van der Waals surface area (Å²) in [6, 6.07) is 0. The number of nitrogens with one attached hydrogen (secondary N) is 1. The summed E-state index contributed by atoms with van der Waals surface area (Å²) in [5.41, 5.74) is 2.62. The molecule has 0 aliphatic heterocycles. The molecule has 1 aliphatic rings. The van der Waals surface area contributed by atoms with Crippen LogP contribution in [0.5, 0.6) is 0 Å². The fourth-order valence-electron chi connectivity index (χ4n) is 3.01. The minimum atomic E-state index is -0.142. The Morgan fingerprint density at radius 1 is 1.40 bits per heavy atom. The van der Waals surface area contributed by atoms with Gasteiger partial charge in [0.15, 0.2) is 0 Å². The lowest BCUT2D eigenvalue weighted by Gasteiger charge is -2.29. The number of aliphatic hydroxyl groups excluding tert-OH is 1. The van der Waals surface area contributed by atoms with Crippen LogP contribution < -0.4 is 5.32 Å². The second-order valence-corrected chi connectivity index (χ2v) is 6.29. The summed E-state index contributed by atoms with van der Waals surface area (Å²) in [6.07, 6.45) is 10.1. The third-order valence-electron chi connectivity index (χ3n) is 4.39. The van der Waals surface area contributed by atoms with Gasteiger partial charge in [-0.15, -0.1) is 0 Å². The first-order valence-corrected chi connectivity index (χ1v) is 8.07. The molecule has 0 saturated heterocycles. The zero-order chi connectivity index (χ0) is 14.4. The molecule has 1 aromatic heterocycles. The number of nitrogens with zero attached hydrogens (tertiary/aromatic N) is 2. The molecule has 4 nitrogen and oxygen atoms in total. The average Bonchev–Trinajstić information content (AvgIpc) is 2.89. The van der Waals surface area contributed by atoms with Crippen LogP contribution >= 0.6 is 0 Å². The first-order valence-electron chi connectivity index (χ1n) is 8.07. The second-order valence-electron chi connectivity index (χ2n) is 6.29. The number of aryl methyl sites for hydroxylation is 2. The molecule has 1 aliphatic carbocycles. The molecule has 0 amide bonds. The molecule has 0 aromatic carbocycles. The largest absolute Gasteiger partial charge is 0.394 e. The highest BCUT2D eigenvalue weighted by Gasteiger charge is 2.22. The Kier molecular flexibility index (Phi) is 5.61. The van der Waals surface area contributed by atoms with Gasteiger partial charge in [-0.25, -0.2) is 4.98 Å². The van der Waals surface area contributed by atoms with E-state index in [0.29, 0.717) is 0 Å². The van der Waals surface area contributed by atoms with Gasteiger partial charge in [0.1, 0.15) is 0 Å². The summed E-state index contributed by atoms with van der Waals surface area (Å²) in [7, 11) is 0. The van der Waals surface area contributed by atoms with Gasteiger partial charge >= 0.3 is 0 Å². The third kappa shape index (κ3) is 3.83. The molecule has 2 N–H and O–H groups in total. The molecule has 0 radical (unpaired) electrons. The van der Waals surface area contributed by atoms with Crippen LogP contribution in [0.1, 0.15) is 57.3 Å². The zero-order valence-corrected chi connectivity index (χ0v) is 13.0. The maximum Gasteiger partial charge on any atom is 0.0951 e. The maximum absolute atomic E-state index is 9.58. The van der Waals surface area contributed by atoms with E-state index < -0.39 is 0 Å². The summed E-state index contributed by atoms with van der Waals surface area (Å²) < 4.78 is 2.33. The Morgan fingerprint density at radius 3 is 2.95 bits per heavy atom. The predicted octanol–water partition coefficient (Wildman–Crippen LogP) is 2.29. The number of fused-ring (bicyclic) bond motifs is 1. The van der Waals surface area contributed by atoms with Gasteiger partial charge in [-0.3, -0.25) is 0 Å². The monoisotopic (exact) mass is 279 g/mol. The van der Waals surface area contributed by atoms with Crippen LogP contribution in [0.15, 0.2) is 6.33 Å². The van der Waals surface area contributed by atoms with Crippen molar-refractivity contribution in [1.82, 2.24) is 14.9 Å². The van der Waals surface area contributed by atoms with E-state index in [9.17, 15) is 5.11 Å². The SMILES string of the molecule is CCCNC(C)(CO)CCCn1cnc2c1CCCC2. The van der Waals surface area contributed by atoms with Crippen LogP contribution in [0.4, 0.5) is 0 Å². The van der Waals surface area contributed by atoms with Crippen molar-refractivity contribution in [3.8, 4) is 0 Å². The minimum Gasteiger partial charge on any atom is -0.394 e. The molecule has 4 heteroatoms. The Morgan fingerprint density at radius 2 is 2.20 bits per heavy atom. The lowest BCUT2D eigenvalue weighted by Crippen LogP contribution is -2.46. The standard InChI is InChI=1S/C16H29N3O/c1-3-10-18-16(2,12-20)9-6-11-19-13-17-14-7-4-5-8-15(14)19/h13,18,20H,3-12H2,1-2H3. The van der Waals surface area contributed by atoms with Crippen molar-refractivity contribution < 1.29 is 5.11 Å². The molecule has 0 spiro atoms. The predicted molar refractivity (Wildman–Crippen MR) is 81.9 cm³/mol. The average molecular weight is 279 g/mol. The number of hydrogen-bond donors (Lipinski definition) is 2. The number of imidazole rings is 1. The summed E-state index contributed by atoms with van der Waals surface area (Å²) in [5.74, 6) is 0. The molecule has 0 saturated carbocycles. The molecule has 2 rings (SSSR count). The number of aliphatic hydroxyl groups is 1. The van der Waals surface area contributed by atoms with Crippen molar-refractivity contribution in [2.45, 2.75) is 70.9 Å². The van der Waals surface area contributed by atoms with E-state index in [0.717, 1.165) is 38.8 Å². The molecule has 1 unspecified atom stereocenters. The first kappa shape index (κ1) is 15.5. The van der Waals surface area contributed by atoms with E-state index in [4.69, 9.17) is 0 Å². The van der Waals surface area contributed by atoms with Crippen molar-refractivity contribution in [3.63, 3.8) is 0 Å². The highest BCUT2D eigenvalue weighted by atomic mass is 16.3. The van der Waals surface area contributed by atoms with Crippen LogP contribution in [0.25, 0.3) is 0 Å². The van der Waals surface area contributed by atoms with Gasteiger partial charge in [0, 0.05) is 17.8 Å². The third-order valence-corrected chi connectivity index (χ3v) is 4.39. The van der Waals surface area contributed by atoms with Crippen molar-refractivity contribution in [2.75, 3.05) is 13.2 Å². The Labute approximate surface area is 122 Å². The number of hydrogen-bond acceptors (Lipinski definition) is 3. The van der Waals surface area contributed by atoms with E-state index in [1.54, 1.807) is 0 Å². The quantitative estimate of drug-likeness (QED) is 0.767. The Balaban J connectivity index is 1.84. The van der Waals surface area contributed by atoms with Gasteiger partial charge < -0.3 is 15.0 Å². The summed E-state index contributed by atoms with van der Waals surface area (Å²) in [6.45, 7) is 6.47. The normalized spacial score (nSPS) is 17.8. The van der Waals surface area contributed by atoms with E-state index >= 15 is 0 Å².